The highest BCUT2D eigenvalue weighted by Gasteiger charge is 2.28. The summed E-state index contributed by atoms with van der Waals surface area (Å²) in [5.41, 5.74) is 0.774. The Hall–Kier alpha value is -1.60. The van der Waals surface area contributed by atoms with E-state index in [0.717, 1.165) is 31.6 Å². The van der Waals surface area contributed by atoms with Gasteiger partial charge in [-0.1, -0.05) is 0 Å². The molecule has 2 heterocycles. The van der Waals surface area contributed by atoms with Gasteiger partial charge in [-0.2, -0.15) is 5.26 Å². The fourth-order valence-electron chi connectivity index (χ4n) is 1.97. The van der Waals surface area contributed by atoms with Crippen molar-refractivity contribution >= 4 is 5.69 Å². The van der Waals surface area contributed by atoms with Gasteiger partial charge in [-0.25, -0.2) is 4.98 Å². The van der Waals surface area contributed by atoms with E-state index in [4.69, 9.17) is 5.26 Å². The molecule has 0 atom stereocenters. The standard InChI is InChI=1S/C12H15N3O/c1-12(16)4-7-15(8-5-12)11-3-2-6-14-10(11)9-13/h2-3,6,16H,4-5,7-8H2,1H3. The predicted molar refractivity (Wildman–Crippen MR) is 61.0 cm³/mol. The highest BCUT2D eigenvalue weighted by atomic mass is 16.3. The number of rotatable bonds is 1. The van der Waals surface area contributed by atoms with Crippen LogP contribution in [-0.2, 0) is 0 Å². The molecule has 0 saturated carbocycles. The smallest absolute Gasteiger partial charge is 0.163 e. The van der Waals surface area contributed by atoms with Gasteiger partial charge in [0.2, 0.25) is 0 Å². The Balaban J connectivity index is 2.18. The molecule has 16 heavy (non-hydrogen) atoms. The van der Waals surface area contributed by atoms with Crippen LogP contribution in [0.4, 0.5) is 5.69 Å². The Morgan fingerprint density at radius 2 is 2.19 bits per heavy atom. The van der Waals surface area contributed by atoms with Gasteiger partial charge < -0.3 is 10.0 Å². The lowest BCUT2D eigenvalue weighted by atomic mass is 9.93. The average molecular weight is 217 g/mol. The van der Waals surface area contributed by atoms with Crippen LogP contribution < -0.4 is 4.90 Å². The quantitative estimate of drug-likeness (QED) is 0.770. The van der Waals surface area contributed by atoms with E-state index in [0.29, 0.717) is 5.69 Å². The first-order chi connectivity index (χ1) is 7.62. The van der Waals surface area contributed by atoms with Gasteiger partial charge in [-0.05, 0) is 31.9 Å². The number of anilines is 1. The number of aromatic nitrogens is 1. The van der Waals surface area contributed by atoms with Crippen LogP contribution in [0.5, 0.6) is 0 Å². The molecule has 0 spiro atoms. The maximum Gasteiger partial charge on any atom is 0.163 e. The van der Waals surface area contributed by atoms with Crippen LogP contribution >= 0.6 is 0 Å². The van der Waals surface area contributed by atoms with E-state index in [1.807, 2.05) is 19.1 Å². The van der Waals surface area contributed by atoms with Crippen molar-refractivity contribution in [3.8, 4) is 6.07 Å². The number of piperidine rings is 1. The van der Waals surface area contributed by atoms with Crippen molar-refractivity contribution in [2.45, 2.75) is 25.4 Å². The first kappa shape index (κ1) is 10.9. The van der Waals surface area contributed by atoms with Gasteiger partial charge in [-0.15, -0.1) is 0 Å². The van der Waals surface area contributed by atoms with Crippen LogP contribution in [0.15, 0.2) is 18.3 Å². The molecule has 1 saturated heterocycles. The van der Waals surface area contributed by atoms with Crippen molar-refractivity contribution in [1.29, 1.82) is 5.26 Å². The Morgan fingerprint density at radius 3 is 2.81 bits per heavy atom. The molecule has 1 aliphatic heterocycles. The molecule has 4 nitrogen and oxygen atoms in total. The van der Waals surface area contributed by atoms with E-state index in [1.165, 1.54) is 0 Å². The summed E-state index contributed by atoms with van der Waals surface area (Å²) < 4.78 is 0. The average Bonchev–Trinajstić information content (AvgIpc) is 2.29. The fourth-order valence-corrected chi connectivity index (χ4v) is 1.97. The predicted octanol–water partition coefficient (Wildman–Crippen LogP) is 1.30. The van der Waals surface area contributed by atoms with Crippen LogP contribution in [-0.4, -0.2) is 28.8 Å². The molecule has 1 fully saturated rings. The molecule has 1 aromatic rings. The van der Waals surface area contributed by atoms with E-state index >= 15 is 0 Å². The zero-order valence-electron chi connectivity index (χ0n) is 9.35. The number of hydrogen-bond acceptors (Lipinski definition) is 4. The zero-order valence-corrected chi connectivity index (χ0v) is 9.35. The molecule has 84 valence electrons. The van der Waals surface area contributed by atoms with Crippen molar-refractivity contribution in [1.82, 2.24) is 4.98 Å². The molecule has 0 bridgehead atoms. The summed E-state index contributed by atoms with van der Waals surface area (Å²) in [4.78, 5) is 6.16. The number of nitriles is 1. The summed E-state index contributed by atoms with van der Waals surface area (Å²) in [5.74, 6) is 0. The van der Waals surface area contributed by atoms with Gasteiger partial charge in [0.25, 0.3) is 0 Å². The third-order valence-corrected chi connectivity index (χ3v) is 3.07. The van der Waals surface area contributed by atoms with E-state index in [-0.39, 0.29) is 0 Å². The minimum Gasteiger partial charge on any atom is -0.390 e. The van der Waals surface area contributed by atoms with Crippen molar-refractivity contribution < 1.29 is 5.11 Å². The normalized spacial score (nSPS) is 19.2. The molecule has 1 aliphatic rings. The summed E-state index contributed by atoms with van der Waals surface area (Å²) >= 11 is 0. The highest BCUT2D eigenvalue weighted by molar-refractivity contribution is 5.55. The molecule has 0 aromatic carbocycles. The maximum atomic E-state index is 9.86. The van der Waals surface area contributed by atoms with Crippen molar-refractivity contribution in [3.05, 3.63) is 24.0 Å². The topological polar surface area (TPSA) is 60.1 Å². The molecule has 1 aromatic heterocycles. The molecule has 0 radical (unpaired) electrons. The molecule has 0 amide bonds. The molecule has 2 rings (SSSR count). The lowest BCUT2D eigenvalue weighted by Crippen LogP contribution is -2.42. The summed E-state index contributed by atoms with van der Waals surface area (Å²) in [6.45, 7) is 3.40. The van der Waals surface area contributed by atoms with Gasteiger partial charge >= 0.3 is 0 Å². The van der Waals surface area contributed by atoms with Crippen molar-refractivity contribution in [2.75, 3.05) is 18.0 Å². The summed E-state index contributed by atoms with van der Waals surface area (Å²) in [6, 6.07) is 5.84. The SMILES string of the molecule is CC1(O)CCN(c2cccnc2C#N)CC1. The fraction of sp³-hybridized carbons (Fsp3) is 0.500. The van der Waals surface area contributed by atoms with E-state index in [1.54, 1.807) is 6.20 Å². The first-order valence-corrected chi connectivity index (χ1v) is 5.45. The Kier molecular flexibility index (Phi) is 2.80. The highest BCUT2D eigenvalue weighted by Crippen LogP contribution is 2.26. The lowest BCUT2D eigenvalue weighted by Gasteiger charge is -2.37. The van der Waals surface area contributed by atoms with Crippen LogP contribution in [0.2, 0.25) is 0 Å². The van der Waals surface area contributed by atoms with Crippen LogP contribution in [0.3, 0.4) is 0 Å². The van der Waals surface area contributed by atoms with Gasteiger partial charge in [0.05, 0.1) is 11.3 Å². The van der Waals surface area contributed by atoms with Crippen molar-refractivity contribution in [2.24, 2.45) is 0 Å². The third kappa shape index (κ3) is 2.15. The summed E-state index contributed by atoms with van der Waals surface area (Å²) in [5, 5.41) is 18.8. The number of aliphatic hydroxyl groups is 1. The van der Waals surface area contributed by atoms with E-state index < -0.39 is 5.60 Å². The molecular formula is C12H15N3O. The Bertz CT molecular complexity index is 413. The van der Waals surface area contributed by atoms with Gasteiger partial charge in [0, 0.05) is 19.3 Å². The second-order valence-electron chi connectivity index (χ2n) is 4.47. The molecule has 0 aliphatic carbocycles. The monoisotopic (exact) mass is 217 g/mol. The van der Waals surface area contributed by atoms with E-state index in [9.17, 15) is 5.11 Å². The molecule has 0 unspecified atom stereocenters. The van der Waals surface area contributed by atoms with Gasteiger partial charge in [0.1, 0.15) is 6.07 Å². The Morgan fingerprint density at radius 1 is 1.50 bits per heavy atom. The van der Waals surface area contributed by atoms with Crippen LogP contribution in [0, 0.1) is 11.3 Å². The second kappa shape index (κ2) is 4.11. The van der Waals surface area contributed by atoms with Gasteiger partial charge in [-0.3, -0.25) is 0 Å². The summed E-state index contributed by atoms with van der Waals surface area (Å²) in [6.07, 6.45) is 3.09. The van der Waals surface area contributed by atoms with Gasteiger partial charge in [0.15, 0.2) is 5.69 Å². The number of nitrogens with zero attached hydrogens (tertiary/aromatic N) is 3. The number of pyridine rings is 1. The number of hydrogen-bond donors (Lipinski definition) is 1. The van der Waals surface area contributed by atoms with Crippen molar-refractivity contribution in [3.63, 3.8) is 0 Å². The van der Waals surface area contributed by atoms with E-state index in [2.05, 4.69) is 16.0 Å². The van der Waals surface area contributed by atoms with Crippen LogP contribution in [0.1, 0.15) is 25.5 Å². The maximum absolute atomic E-state index is 9.86. The minimum atomic E-state index is -0.564. The summed E-state index contributed by atoms with van der Waals surface area (Å²) in [7, 11) is 0. The molecule has 1 N–H and O–H groups in total. The molecular weight excluding hydrogens is 202 g/mol. The lowest BCUT2D eigenvalue weighted by molar-refractivity contribution is 0.0351. The zero-order chi connectivity index (χ0) is 11.6. The minimum absolute atomic E-state index is 0.462. The Labute approximate surface area is 95.1 Å². The van der Waals surface area contributed by atoms with Crippen LogP contribution in [0.25, 0.3) is 0 Å². The third-order valence-electron chi connectivity index (χ3n) is 3.07. The first-order valence-electron chi connectivity index (χ1n) is 5.45. The largest absolute Gasteiger partial charge is 0.390 e. The second-order valence-corrected chi connectivity index (χ2v) is 4.47. The molecule has 4 heteroatoms.